The topological polar surface area (TPSA) is 62.6 Å². The SMILES string of the molecule is CN(C)CCNCCn1ncc(N2CCOCC2)cc1=O. The summed E-state index contributed by atoms with van der Waals surface area (Å²) in [5.74, 6) is 0. The Hall–Kier alpha value is -1.44. The average Bonchev–Trinajstić information content (AvgIpc) is 2.49. The highest BCUT2D eigenvalue weighted by atomic mass is 16.5. The van der Waals surface area contributed by atoms with E-state index in [1.54, 1.807) is 12.3 Å². The number of likely N-dealkylation sites (N-methyl/N-ethyl adjacent to an activating group) is 1. The van der Waals surface area contributed by atoms with Crippen LogP contribution in [0.2, 0.25) is 0 Å². The highest BCUT2D eigenvalue weighted by molar-refractivity contribution is 5.43. The summed E-state index contributed by atoms with van der Waals surface area (Å²) in [6.07, 6.45) is 1.77. The van der Waals surface area contributed by atoms with Crippen molar-refractivity contribution >= 4 is 5.69 Å². The molecule has 2 rings (SSSR count). The molecule has 1 aromatic heterocycles. The lowest BCUT2D eigenvalue weighted by atomic mass is 10.3. The first-order valence-corrected chi connectivity index (χ1v) is 7.42. The zero-order chi connectivity index (χ0) is 15.1. The van der Waals surface area contributed by atoms with Gasteiger partial charge in [0.25, 0.3) is 5.56 Å². The number of hydrogen-bond acceptors (Lipinski definition) is 6. The predicted octanol–water partition coefficient (Wildman–Crippen LogP) is -0.769. The van der Waals surface area contributed by atoms with Gasteiger partial charge in [-0.1, -0.05) is 0 Å². The Labute approximate surface area is 125 Å². The highest BCUT2D eigenvalue weighted by Crippen LogP contribution is 2.11. The van der Waals surface area contributed by atoms with Gasteiger partial charge >= 0.3 is 0 Å². The molecule has 21 heavy (non-hydrogen) atoms. The van der Waals surface area contributed by atoms with E-state index in [0.29, 0.717) is 19.8 Å². The fourth-order valence-corrected chi connectivity index (χ4v) is 2.20. The van der Waals surface area contributed by atoms with Crippen molar-refractivity contribution in [2.75, 3.05) is 64.9 Å². The van der Waals surface area contributed by atoms with Gasteiger partial charge in [-0.3, -0.25) is 4.79 Å². The summed E-state index contributed by atoms with van der Waals surface area (Å²) in [5.41, 5.74) is 0.841. The van der Waals surface area contributed by atoms with E-state index in [1.165, 1.54) is 4.68 Å². The van der Waals surface area contributed by atoms with Crippen molar-refractivity contribution in [1.29, 1.82) is 0 Å². The van der Waals surface area contributed by atoms with Gasteiger partial charge in [0.1, 0.15) is 0 Å². The van der Waals surface area contributed by atoms with E-state index >= 15 is 0 Å². The average molecular weight is 295 g/mol. The fraction of sp³-hybridized carbons (Fsp3) is 0.714. The molecule has 0 aromatic carbocycles. The molecule has 1 N–H and O–H groups in total. The van der Waals surface area contributed by atoms with Crippen LogP contribution in [0.3, 0.4) is 0 Å². The number of nitrogens with zero attached hydrogens (tertiary/aromatic N) is 4. The van der Waals surface area contributed by atoms with Gasteiger partial charge in [0, 0.05) is 38.8 Å². The standard InChI is InChI=1S/C14H25N5O2/c1-17(2)5-3-15-4-6-19-14(20)11-13(12-16-19)18-7-9-21-10-8-18/h11-12,15H,3-10H2,1-2H3. The minimum Gasteiger partial charge on any atom is -0.378 e. The van der Waals surface area contributed by atoms with Crippen molar-refractivity contribution in [2.45, 2.75) is 6.54 Å². The lowest BCUT2D eigenvalue weighted by Crippen LogP contribution is -2.38. The van der Waals surface area contributed by atoms with E-state index in [0.717, 1.165) is 38.4 Å². The summed E-state index contributed by atoms with van der Waals surface area (Å²) in [6, 6.07) is 1.66. The summed E-state index contributed by atoms with van der Waals surface area (Å²) < 4.78 is 6.82. The zero-order valence-electron chi connectivity index (χ0n) is 12.9. The van der Waals surface area contributed by atoms with Gasteiger partial charge in [0.2, 0.25) is 0 Å². The third-order valence-electron chi connectivity index (χ3n) is 3.47. The molecule has 0 aliphatic carbocycles. The second-order valence-electron chi connectivity index (χ2n) is 5.43. The summed E-state index contributed by atoms with van der Waals surface area (Å²) in [5, 5.41) is 7.56. The lowest BCUT2D eigenvalue weighted by molar-refractivity contribution is 0.122. The number of rotatable bonds is 7. The van der Waals surface area contributed by atoms with Crippen LogP contribution < -0.4 is 15.8 Å². The zero-order valence-corrected chi connectivity index (χ0v) is 12.9. The molecule has 0 spiro atoms. The van der Waals surface area contributed by atoms with Crippen molar-refractivity contribution < 1.29 is 4.74 Å². The van der Waals surface area contributed by atoms with E-state index < -0.39 is 0 Å². The molecule has 0 atom stereocenters. The van der Waals surface area contributed by atoms with Gasteiger partial charge in [0.05, 0.1) is 31.6 Å². The van der Waals surface area contributed by atoms with Crippen LogP contribution in [0.4, 0.5) is 5.69 Å². The molecular formula is C14H25N5O2. The Bertz CT molecular complexity index is 482. The lowest BCUT2D eigenvalue weighted by Gasteiger charge is -2.28. The van der Waals surface area contributed by atoms with Gasteiger partial charge < -0.3 is 19.9 Å². The molecule has 0 unspecified atom stereocenters. The molecule has 7 nitrogen and oxygen atoms in total. The van der Waals surface area contributed by atoms with Gasteiger partial charge in [-0.05, 0) is 14.1 Å². The molecule has 0 saturated carbocycles. The normalized spacial score (nSPS) is 15.7. The molecular weight excluding hydrogens is 270 g/mol. The van der Waals surface area contributed by atoms with E-state index in [1.807, 2.05) is 14.1 Å². The Balaban J connectivity index is 1.83. The van der Waals surface area contributed by atoms with E-state index in [2.05, 4.69) is 20.2 Å². The van der Waals surface area contributed by atoms with Gasteiger partial charge in [-0.25, -0.2) is 4.68 Å². The van der Waals surface area contributed by atoms with Crippen molar-refractivity contribution in [3.05, 3.63) is 22.6 Å². The van der Waals surface area contributed by atoms with Crippen LogP contribution >= 0.6 is 0 Å². The van der Waals surface area contributed by atoms with Crippen LogP contribution in [0.25, 0.3) is 0 Å². The molecule has 7 heteroatoms. The molecule has 1 aliphatic rings. The van der Waals surface area contributed by atoms with Gasteiger partial charge in [-0.15, -0.1) is 0 Å². The van der Waals surface area contributed by atoms with Crippen molar-refractivity contribution in [3.8, 4) is 0 Å². The largest absolute Gasteiger partial charge is 0.378 e. The van der Waals surface area contributed by atoms with E-state index in [-0.39, 0.29) is 5.56 Å². The van der Waals surface area contributed by atoms with E-state index in [4.69, 9.17) is 4.74 Å². The molecule has 0 radical (unpaired) electrons. The number of anilines is 1. The number of nitrogens with one attached hydrogen (secondary N) is 1. The molecule has 0 amide bonds. The molecule has 0 bridgehead atoms. The fourth-order valence-electron chi connectivity index (χ4n) is 2.20. The Morgan fingerprint density at radius 1 is 1.33 bits per heavy atom. The third-order valence-corrected chi connectivity index (χ3v) is 3.47. The van der Waals surface area contributed by atoms with Crippen molar-refractivity contribution in [1.82, 2.24) is 20.0 Å². The molecule has 1 aliphatic heterocycles. The van der Waals surface area contributed by atoms with Crippen LogP contribution in [0.15, 0.2) is 17.1 Å². The third kappa shape index (κ3) is 5.11. The first kappa shape index (κ1) is 15.9. The molecule has 118 valence electrons. The summed E-state index contributed by atoms with van der Waals surface area (Å²) >= 11 is 0. The Morgan fingerprint density at radius 3 is 2.76 bits per heavy atom. The maximum absolute atomic E-state index is 12.1. The van der Waals surface area contributed by atoms with Crippen LogP contribution in [0.5, 0.6) is 0 Å². The van der Waals surface area contributed by atoms with Crippen LogP contribution in [-0.2, 0) is 11.3 Å². The summed E-state index contributed by atoms with van der Waals surface area (Å²) in [4.78, 5) is 16.3. The van der Waals surface area contributed by atoms with Gasteiger partial charge in [0.15, 0.2) is 0 Å². The first-order chi connectivity index (χ1) is 10.2. The highest BCUT2D eigenvalue weighted by Gasteiger charge is 2.12. The second-order valence-corrected chi connectivity index (χ2v) is 5.43. The number of ether oxygens (including phenoxy) is 1. The minimum absolute atomic E-state index is 0.0478. The monoisotopic (exact) mass is 295 g/mol. The number of aromatic nitrogens is 2. The van der Waals surface area contributed by atoms with Crippen LogP contribution in [-0.4, -0.2) is 74.7 Å². The van der Waals surface area contributed by atoms with Crippen LogP contribution in [0.1, 0.15) is 0 Å². The molecule has 1 aromatic rings. The quantitative estimate of drug-likeness (QED) is 0.667. The summed E-state index contributed by atoms with van der Waals surface area (Å²) in [7, 11) is 4.08. The van der Waals surface area contributed by atoms with Gasteiger partial charge in [-0.2, -0.15) is 5.10 Å². The maximum atomic E-state index is 12.1. The Kier molecular flexibility index (Phi) is 6.16. The van der Waals surface area contributed by atoms with E-state index in [9.17, 15) is 4.79 Å². The maximum Gasteiger partial charge on any atom is 0.268 e. The molecule has 1 saturated heterocycles. The molecule has 2 heterocycles. The van der Waals surface area contributed by atoms with Crippen molar-refractivity contribution in [2.24, 2.45) is 0 Å². The number of hydrogen-bond donors (Lipinski definition) is 1. The predicted molar refractivity (Wildman–Crippen MR) is 83.0 cm³/mol. The Morgan fingerprint density at radius 2 is 2.10 bits per heavy atom. The minimum atomic E-state index is -0.0478. The summed E-state index contributed by atoms with van der Waals surface area (Å²) in [6.45, 7) is 6.28. The number of morpholine rings is 1. The van der Waals surface area contributed by atoms with Crippen molar-refractivity contribution in [3.63, 3.8) is 0 Å². The smallest absolute Gasteiger partial charge is 0.268 e. The first-order valence-electron chi connectivity index (χ1n) is 7.42. The van der Waals surface area contributed by atoms with Crippen LogP contribution in [0, 0.1) is 0 Å². The molecule has 1 fully saturated rings. The second kappa shape index (κ2) is 8.11.